The minimum Gasteiger partial charge on any atom is -0.495 e. The van der Waals surface area contributed by atoms with Crippen LogP contribution in [0.3, 0.4) is 0 Å². The number of nitrogens with zero attached hydrogens (tertiary/aromatic N) is 1. The standard InChI is InChI=1S/C22H27NO7S/c1-16-12-17(2)14-19(13-16)29-10-11-30-22(24)18-4-5-20(27-3)21(15-18)31(25,26)23-6-8-28-9-7-23/h4-5,12-15H,6-11H2,1-3H3. The Morgan fingerprint density at radius 2 is 1.71 bits per heavy atom. The molecule has 2 aromatic rings. The van der Waals surface area contributed by atoms with Gasteiger partial charge in [-0.3, -0.25) is 0 Å². The number of aryl methyl sites for hydroxylation is 2. The molecule has 2 aromatic carbocycles. The summed E-state index contributed by atoms with van der Waals surface area (Å²) < 4.78 is 48.7. The number of ether oxygens (including phenoxy) is 4. The lowest BCUT2D eigenvalue weighted by atomic mass is 10.1. The maximum atomic E-state index is 13.0. The number of carbonyl (C=O) groups is 1. The van der Waals surface area contributed by atoms with Crippen LogP contribution in [0, 0.1) is 13.8 Å². The van der Waals surface area contributed by atoms with E-state index in [0.717, 1.165) is 11.1 Å². The number of hydrogen-bond donors (Lipinski definition) is 0. The quantitative estimate of drug-likeness (QED) is 0.452. The van der Waals surface area contributed by atoms with E-state index in [1.165, 1.54) is 29.6 Å². The highest BCUT2D eigenvalue weighted by atomic mass is 32.2. The van der Waals surface area contributed by atoms with Crippen LogP contribution in [-0.2, 0) is 19.5 Å². The molecule has 0 aromatic heterocycles. The van der Waals surface area contributed by atoms with Crippen molar-refractivity contribution in [1.82, 2.24) is 4.31 Å². The first-order valence-electron chi connectivity index (χ1n) is 9.95. The number of rotatable bonds is 8. The lowest BCUT2D eigenvalue weighted by Gasteiger charge is -2.26. The number of esters is 1. The van der Waals surface area contributed by atoms with Crippen LogP contribution in [0.1, 0.15) is 21.5 Å². The Bertz CT molecular complexity index is 1010. The second kappa shape index (κ2) is 10.1. The van der Waals surface area contributed by atoms with Crippen molar-refractivity contribution < 1.29 is 32.2 Å². The van der Waals surface area contributed by atoms with Crippen molar-refractivity contribution in [2.24, 2.45) is 0 Å². The number of methoxy groups -OCH3 is 1. The Balaban J connectivity index is 1.66. The minimum absolute atomic E-state index is 0.0312. The Morgan fingerprint density at radius 1 is 1.03 bits per heavy atom. The van der Waals surface area contributed by atoms with Crippen LogP contribution in [0.4, 0.5) is 0 Å². The van der Waals surface area contributed by atoms with Crippen LogP contribution in [0.15, 0.2) is 41.3 Å². The topological polar surface area (TPSA) is 91.4 Å². The summed E-state index contributed by atoms with van der Waals surface area (Å²) in [6.45, 7) is 5.31. The molecule has 3 rings (SSSR count). The zero-order chi connectivity index (χ0) is 22.4. The minimum atomic E-state index is -3.83. The first-order chi connectivity index (χ1) is 14.8. The Morgan fingerprint density at radius 3 is 2.35 bits per heavy atom. The molecule has 0 spiro atoms. The average Bonchev–Trinajstić information content (AvgIpc) is 2.76. The fraction of sp³-hybridized carbons (Fsp3) is 0.409. The van der Waals surface area contributed by atoms with E-state index in [2.05, 4.69) is 0 Å². The molecule has 0 aliphatic carbocycles. The highest BCUT2D eigenvalue weighted by molar-refractivity contribution is 7.89. The van der Waals surface area contributed by atoms with Crippen molar-refractivity contribution in [1.29, 1.82) is 0 Å². The Labute approximate surface area is 182 Å². The third-order valence-corrected chi connectivity index (χ3v) is 6.69. The van der Waals surface area contributed by atoms with E-state index in [0.29, 0.717) is 19.0 Å². The molecule has 1 aliphatic rings. The van der Waals surface area contributed by atoms with Gasteiger partial charge in [0.2, 0.25) is 10.0 Å². The van der Waals surface area contributed by atoms with Gasteiger partial charge >= 0.3 is 5.97 Å². The zero-order valence-electron chi connectivity index (χ0n) is 17.9. The van der Waals surface area contributed by atoms with Crippen molar-refractivity contribution in [3.8, 4) is 11.5 Å². The third kappa shape index (κ3) is 5.75. The summed E-state index contributed by atoms with van der Waals surface area (Å²) >= 11 is 0. The SMILES string of the molecule is COc1ccc(C(=O)OCCOc2cc(C)cc(C)c2)cc1S(=O)(=O)N1CCOCC1. The molecule has 0 atom stereocenters. The molecule has 0 unspecified atom stereocenters. The molecule has 0 bridgehead atoms. The smallest absolute Gasteiger partial charge is 0.338 e. The van der Waals surface area contributed by atoms with E-state index < -0.39 is 16.0 Å². The van der Waals surface area contributed by atoms with Gasteiger partial charge in [0.15, 0.2) is 0 Å². The van der Waals surface area contributed by atoms with Gasteiger partial charge in [-0.1, -0.05) is 6.07 Å². The molecule has 1 saturated heterocycles. The van der Waals surface area contributed by atoms with E-state index in [1.807, 2.05) is 32.0 Å². The molecule has 9 heteroatoms. The fourth-order valence-electron chi connectivity index (χ4n) is 3.32. The first-order valence-corrected chi connectivity index (χ1v) is 11.4. The molecule has 1 aliphatic heterocycles. The summed E-state index contributed by atoms with van der Waals surface area (Å²) in [4.78, 5) is 12.4. The van der Waals surface area contributed by atoms with Crippen molar-refractivity contribution in [3.05, 3.63) is 53.1 Å². The number of benzene rings is 2. The van der Waals surface area contributed by atoms with Crippen molar-refractivity contribution in [2.75, 3.05) is 46.6 Å². The normalized spacial score (nSPS) is 14.8. The lowest BCUT2D eigenvalue weighted by molar-refractivity contribution is 0.0450. The molecule has 31 heavy (non-hydrogen) atoms. The first kappa shape index (κ1) is 23.1. The van der Waals surface area contributed by atoms with Gasteiger partial charge < -0.3 is 18.9 Å². The van der Waals surface area contributed by atoms with Crippen LogP contribution >= 0.6 is 0 Å². The second-order valence-electron chi connectivity index (χ2n) is 7.19. The summed E-state index contributed by atoms with van der Waals surface area (Å²) in [5, 5.41) is 0. The van der Waals surface area contributed by atoms with E-state index in [9.17, 15) is 13.2 Å². The molecular weight excluding hydrogens is 422 g/mol. The summed E-state index contributed by atoms with van der Waals surface area (Å²) in [7, 11) is -2.45. The van der Waals surface area contributed by atoms with Crippen LogP contribution in [-0.4, -0.2) is 65.3 Å². The Kier molecular flexibility index (Phi) is 7.53. The van der Waals surface area contributed by atoms with Crippen molar-refractivity contribution >= 4 is 16.0 Å². The van der Waals surface area contributed by atoms with Crippen molar-refractivity contribution in [2.45, 2.75) is 18.7 Å². The van der Waals surface area contributed by atoms with Gasteiger partial charge in [-0.25, -0.2) is 13.2 Å². The fourth-order valence-corrected chi connectivity index (χ4v) is 4.91. The van der Waals surface area contributed by atoms with Crippen LogP contribution < -0.4 is 9.47 Å². The van der Waals surface area contributed by atoms with Gasteiger partial charge in [0, 0.05) is 13.1 Å². The lowest BCUT2D eigenvalue weighted by Crippen LogP contribution is -2.40. The molecule has 168 valence electrons. The van der Waals surface area contributed by atoms with Crippen molar-refractivity contribution in [3.63, 3.8) is 0 Å². The molecule has 8 nitrogen and oxygen atoms in total. The van der Waals surface area contributed by atoms with Gasteiger partial charge in [-0.15, -0.1) is 0 Å². The highest BCUT2D eigenvalue weighted by Gasteiger charge is 2.30. The van der Waals surface area contributed by atoms with Gasteiger partial charge in [0.05, 0.1) is 25.9 Å². The van der Waals surface area contributed by atoms with E-state index >= 15 is 0 Å². The summed E-state index contributed by atoms with van der Waals surface area (Å²) in [6.07, 6.45) is 0. The summed E-state index contributed by atoms with van der Waals surface area (Å²) in [5.74, 6) is 0.239. The second-order valence-corrected chi connectivity index (χ2v) is 9.10. The van der Waals surface area contributed by atoms with Crippen LogP contribution in [0.2, 0.25) is 0 Å². The average molecular weight is 450 g/mol. The number of sulfonamides is 1. The maximum Gasteiger partial charge on any atom is 0.338 e. The van der Waals surface area contributed by atoms with Gasteiger partial charge in [-0.05, 0) is 55.3 Å². The molecule has 0 N–H and O–H groups in total. The van der Waals surface area contributed by atoms with Gasteiger partial charge in [-0.2, -0.15) is 4.31 Å². The predicted molar refractivity (Wildman–Crippen MR) is 114 cm³/mol. The molecule has 1 heterocycles. The van der Waals surface area contributed by atoms with Gasteiger partial charge in [0.1, 0.15) is 29.6 Å². The number of hydrogen-bond acceptors (Lipinski definition) is 7. The van der Waals surface area contributed by atoms with Crippen LogP contribution in [0.25, 0.3) is 0 Å². The molecule has 0 saturated carbocycles. The summed E-state index contributed by atoms with van der Waals surface area (Å²) in [5.41, 5.74) is 2.29. The molecule has 1 fully saturated rings. The molecule has 0 amide bonds. The zero-order valence-corrected chi connectivity index (χ0v) is 18.7. The predicted octanol–water partition coefficient (Wildman–Crippen LogP) is 2.57. The van der Waals surface area contributed by atoms with E-state index in [4.69, 9.17) is 18.9 Å². The third-order valence-electron chi connectivity index (χ3n) is 4.77. The Hall–Kier alpha value is -2.62. The van der Waals surface area contributed by atoms with E-state index in [-0.39, 0.29) is 42.5 Å². The number of morpholine rings is 1. The largest absolute Gasteiger partial charge is 0.495 e. The number of carbonyl (C=O) groups excluding carboxylic acids is 1. The van der Waals surface area contributed by atoms with Crippen LogP contribution in [0.5, 0.6) is 11.5 Å². The molecule has 0 radical (unpaired) electrons. The summed E-state index contributed by atoms with van der Waals surface area (Å²) in [6, 6.07) is 10.1. The molecular formula is C22H27NO7S. The highest BCUT2D eigenvalue weighted by Crippen LogP contribution is 2.28. The van der Waals surface area contributed by atoms with Gasteiger partial charge in [0.25, 0.3) is 0 Å². The monoisotopic (exact) mass is 449 g/mol. The maximum absolute atomic E-state index is 13.0. The van der Waals surface area contributed by atoms with E-state index in [1.54, 1.807) is 0 Å².